The zero-order valence-electron chi connectivity index (χ0n) is 12.2. The highest BCUT2D eigenvalue weighted by molar-refractivity contribution is 7.85. The molecule has 0 aliphatic carbocycles. The summed E-state index contributed by atoms with van der Waals surface area (Å²) in [6.45, 7) is 2.32. The van der Waals surface area contributed by atoms with E-state index in [-0.39, 0.29) is 0 Å². The van der Waals surface area contributed by atoms with Gasteiger partial charge in [-0.05, 0) is 48.9 Å². The van der Waals surface area contributed by atoms with Crippen LogP contribution in [-0.4, -0.2) is 23.7 Å². The molecule has 0 aliphatic rings. The molecule has 0 radical (unpaired) electrons. The number of rotatable bonds is 6. The van der Waals surface area contributed by atoms with Gasteiger partial charge in [-0.1, -0.05) is 6.07 Å². The van der Waals surface area contributed by atoms with Gasteiger partial charge in [-0.15, -0.1) is 0 Å². The van der Waals surface area contributed by atoms with Gasteiger partial charge in [-0.3, -0.25) is 4.21 Å². The van der Waals surface area contributed by atoms with Gasteiger partial charge in [0.25, 0.3) is 0 Å². The van der Waals surface area contributed by atoms with Crippen LogP contribution in [0.15, 0.2) is 47.4 Å². The maximum atomic E-state index is 12.2. The molecule has 5 heteroatoms. The Morgan fingerprint density at radius 3 is 2.43 bits per heavy atom. The van der Waals surface area contributed by atoms with Gasteiger partial charge in [0, 0.05) is 5.69 Å². The van der Waals surface area contributed by atoms with Crippen molar-refractivity contribution in [2.75, 3.05) is 25.2 Å². The summed E-state index contributed by atoms with van der Waals surface area (Å²) in [5.41, 5.74) is 7.46. The number of aryl methyl sites for hydroxylation is 1. The normalized spacial score (nSPS) is 11.9. The molecule has 112 valence electrons. The van der Waals surface area contributed by atoms with E-state index in [4.69, 9.17) is 15.2 Å². The molecule has 0 amide bonds. The lowest BCUT2D eigenvalue weighted by Gasteiger charge is -2.09. The van der Waals surface area contributed by atoms with Crippen molar-refractivity contribution in [2.45, 2.75) is 11.8 Å². The Hall–Kier alpha value is -2.01. The number of anilines is 1. The minimum absolute atomic E-state index is 0.367. The minimum atomic E-state index is -1.16. The minimum Gasteiger partial charge on any atom is -0.497 e. The molecule has 0 spiro atoms. The topological polar surface area (TPSA) is 61.5 Å². The summed E-state index contributed by atoms with van der Waals surface area (Å²) in [5, 5.41) is 0. The van der Waals surface area contributed by atoms with E-state index in [1.165, 1.54) is 0 Å². The number of hydrogen-bond acceptors (Lipinski definition) is 4. The molecular formula is C16H19NO3S. The number of nitrogens with two attached hydrogens (primary N) is 1. The number of nitrogen functional groups attached to an aromatic ring is 1. The molecule has 2 N–H and O–H groups in total. The van der Waals surface area contributed by atoms with E-state index < -0.39 is 10.8 Å². The second kappa shape index (κ2) is 7.13. The Morgan fingerprint density at radius 1 is 1.10 bits per heavy atom. The maximum absolute atomic E-state index is 12.2. The van der Waals surface area contributed by atoms with Gasteiger partial charge in [0.1, 0.15) is 18.1 Å². The molecule has 0 aromatic heterocycles. The summed E-state index contributed by atoms with van der Waals surface area (Å²) in [6.07, 6.45) is 0. The second-order valence-corrected chi connectivity index (χ2v) is 6.15. The number of ether oxygens (including phenoxy) is 2. The Labute approximate surface area is 127 Å². The van der Waals surface area contributed by atoms with Gasteiger partial charge < -0.3 is 15.2 Å². The van der Waals surface area contributed by atoms with E-state index in [1.807, 2.05) is 43.3 Å². The van der Waals surface area contributed by atoms with Gasteiger partial charge in [-0.2, -0.15) is 0 Å². The molecular weight excluding hydrogens is 286 g/mol. The smallest absolute Gasteiger partial charge is 0.119 e. The quantitative estimate of drug-likeness (QED) is 0.834. The molecule has 0 fully saturated rings. The molecule has 4 nitrogen and oxygen atoms in total. The zero-order chi connectivity index (χ0) is 15.2. The fourth-order valence-electron chi connectivity index (χ4n) is 1.86. The molecule has 0 aliphatic heterocycles. The van der Waals surface area contributed by atoms with E-state index in [0.717, 1.165) is 17.1 Å². The lowest BCUT2D eigenvalue weighted by molar-refractivity contribution is 0.341. The van der Waals surface area contributed by atoms with E-state index in [9.17, 15) is 4.21 Å². The number of hydrogen-bond donors (Lipinski definition) is 1. The highest BCUT2D eigenvalue weighted by Crippen LogP contribution is 2.19. The van der Waals surface area contributed by atoms with Crippen molar-refractivity contribution >= 4 is 16.5 Å². The summed E-state index contributed by atoms with van der Waals surface area (Å²) >= 11 is 0. The van der Waals surface area contributed by atoms with Crippen molar-refractivity contribution in [1.29, 1.82) is 0 Å². The zero-order valence-corrected chi connectivity index (χ0v) is 13.0. The molecule has 0 saturated heterocycles. The second-order valence-electron chi connectivity index (χ2n) is 4.61. The molecule has 0 saturated carbocycles. The molecule has 2 aromatic rings. The van der Waals surface area contributed by atoms with Crippen LogP contribution in [0.5, 0.6) is 11.5 Å². The van der Waals surface area contributed by atoms with Crippen molar-refractivity contribution in [3.63, 3.8) is 0 Å². The van der Waals surface area contributed by atoms with E-state index in [2.05, 4.69) is 0 Å². The first kappa shape index (κ1) is 15.4. The third-order valence-electron chi connectivity index (χ3n) is 3.01. The first-order chi connectivity index (χ1) is 10.1. The molecule has 0 bridgehead atoms. The Morgan fingerprint density at radius 2 is 1.76 bits per heavy atom. The van der Waals surface area contributed by atoms with E-state index >= 15 is 0 Å². The SMILES string of the molecule is COc1ccc(OCCS(=O)c2cc(C)ccc2N)cc1. The van der Waals surface area contributed by atoms with Gasteiger partial charge in [0.05, 0.1) is 28.6 Å². The standard InChI is InChI=1S/C16H19NO3S/c1-12-3-8-15(17)16(11-12)21(18)10-9-20-14-6-4-13(19-2)5-7-14/h3-8,11H,9-10,17H2,1-2H3. The maximum Gasteiger partial charge on any atom is 0.119 e. The fraction of sp³-hybridized carbons (Fsp3) is 0.250. The van der Waals surface area contributed by atoms with Crippen LogP contribution in [0.3, 0.4) is 0 Å². The number of benzene rings is 2. The molecule has 1 atom stereocenters. The Balaban J connectivity index is 1.90. The largest absolute Gasteiger partial charge is 0.497 e. The summed E-state index contributed by atoms with van der Waals surface area (Å²) in [5.74, 6) is 1.91. The summed E-state index contributed by atoms with van der Waals surface area (Å²) < 4.78 is 22.9. The molecule has 21 heavy (non-hydrogen) atoms. The average Bonchev–Trinajstić information content (AvgIpc) is 2.50. The summed E-state index contributed by atoms with van der Waals surface area (Å²) in [6, 6.07) is 12.8. The van der Waals surface area contributed by atoms with Crippen LogP contribution in [0.2, 0.25) is 0 Å². The van der Waals surface area contributed by atoms with Crippen molar-refractivity contribution in [2.24, 2.45) is 0 Å². The van der Waals surface area contributed by atoms with Gasteiger partial charge in [0.15, 0.2) is 0 Å². The highest BCUT2D eigenvalue weighted by Gasteiger charge is 2.08. The van der Waals surface area contributed by atoms with Crippen molar-refractivity contribution in [3.05, 3.63) is 48.0 Å². The van der Waals surface area contributed by atoms with Gasteiger partial charge >= 0.3 is 0 Å². The molecule has 0 heterocycles. The third kappa shape index (κ3) is 4.23. The van der Waals surface area contributed by atoms with Crippen molar-refractivity contribution < 1.29 is 13.7 Å². The first-order valence-electron chi connectivity index (χ1n) is 6.61. The van der Waals surface area contributed by atoms with Crippen molar-refractivity contribution in [3.8, 4) is 11.5 Å². The predicted molar refractivity (Wildman–Crippen MR) is 85.4 cm³/mol. The molecule has 2 rings (SSSR count). The summed E-state index contributed by atoms with van der Waals surface area (Å²) in [4.78, 5) is 0.674. The Bertz CT molecular complexity index is 626. The Kier molecular flexibility index (Phi) is 5.22. The van der Waals surface area contributed by atoms with Crippen LogP contribution >= 0.6 is 0 Å². The van der Waals surface area contributed by atoms with Crippen molar-refractivity contribution in [1.82, 2.24) is 0 Å². The van der Waals surface area contributed by atoms with Crippen LogP contribution in [0.4, 0.5) is 5.69 Å². The monoisotopic (exact) mass is 305 g/mol. The van der Waals surface area contributed by atoms with Crippen LogP contribution in [0.1, 0.15) is 5.56 Å². The lowest BCUT2D eigenvalue weighted by Crippen LogP contribution is -2.10. The van der Waals surface area contributed by atoms with Crippen LogP contribution in [0, 0.1) is 6.92 Å². The van der Waals surface area contributed by atoms with Crippen LogP contribution in [0.25, 0.3) is 0 Å². The lowest BCUT2D eigenvalue weighted by atomic mass is 10.2. The highest BCUT2D eigenvalue weighted by atomic mass is 32.2. The van der Waals surface area contributed by atoms with Crippen LogP contribution in [-0.2, 0) is 10.8 Å². The number of methoxy groups -OCH3 is 1. The molecule has 2 aromatic carbocycles. The first-order valence-corrected chi connectivity index (χ1v) is 7.93. The molecule has 1 unspecified atom stereocenters. The average molecular weight is 305 g/mol. The summed E-state index contributed by atoms with van der Waals surface area (Å²) in [7, 11) is 0.457. The van der Waals surface area contributed by atoms with Gasteiger partial charge in [-0.25, -0.2) is 0 Å². The van der Waals surface area contributed by atoms with E-state index in [1.54, 1.807) is 13.2 Å². The predicted octanol–water partition coefficient (Wildman–Crippen LogP) is 2.77. The third-order valence-corrected chi connectivity index (χ3v) is 4.39. The van der Waals surface area contributed by atoms with Crippen LogP contribution < -0.4 is 15.2 Å². The van der Waals surface area contributed by atoms with Gasteiger partial charge in [0.2, 0.25) is 0 Å². The van der Waals surface area contributed by atoms with E-state index in [0.29, 0.717) is 22.9 Å². The fourth-order valence-corrected chi connectivity index (χ4v) is 2.96.